The number of carboxylic acids is 1. The van der Waals surface area contributed by atoms with Gasteiger partial charge in [-0.2, -0.15) is 0 Å². The van der Waals surface area contributed by atoms with Crippen LogP contribution in [0.4, 0.5) is 0 Å². The smallest absolute Gasteiger partial charge is 0.329 e. The number of carboxylic acid groups (broad SMARTS) is 1. The lowest BCUT2D eigenvalue weighted by Crippen LogP contribution is -2.50. The number of rotatable bonds is 3. The van der Waals surface area contributed by atoms with Gasteiger partial charge in [-0.3, -0.25) is 4.79 Å². The molecule has 1 saturated heterocycles. The van der Waals surface area contributed by atoms with E-state index in [0.717, 1.165) is 9.88 Å². The van der Waals surface area contributed by atoms with Crippen LogP contribution in [0.3, 0.4) is 0 Å². The van der Waals surface area contributed by atoms with Gasteiger partial charge in [-0.1, -0.05) is 11.6 Å². The number of hydrogen-bond acceptors (Lipinski definition) is 5. The van der Waals surface area contributed by atoms with Gasteiger partial charge in [0.1, 0.15) is 15.4 Å². The van der Waals surface area contributed by atoms with Gasteiger partial charge in [-0.05, 0) is 38.8 Å². The zero-order valence-corrected chi connectivity index (χ0v) is 15.0. The molecule has 3 heterocycles. The van der Waals surface area contributed by atoms with Crippen LogP contribution >= 0.6 is 34.3 Å². The number of halogens is 1. The third-order valence-corrected chi connectivity index (χ3v) is 6.67. The number of nitrogens with zero attached hydrogens (tertiary/aromatic N) is 2. The van der Waals surface area contributed by atoms with Crippen molar-refractivity contribution in [2.45, 2.75) is 32.2 Å². The van der Waals surface area contributed by atoms with Crippen LogP contribution in [0.2, 0.25) is 4.34 Å². The van der Waals surface area contributed by atoms with E-state index >= 15 is 0 Å². The summed E-state index contributed by atoms with van der Waals surface area (Å²) in [6.07, 6.45) is 1.17. The van der Waals surface area contributed by atoms with Gasteiger partial charge in [0.2, 0.25) is 0 Å². The summed E-state index contributed by atoms with van der Waals surface area (Å²) in [4.78, 5) is 31.7. The van der Waals surface area contributed by atoms with Crippen molar-refractivity contribution < 1.29 is 14.7 Å². The molecule has 1 aliphatic rings. The first-order valence-corrected chi connectivity index (χ1v) is 9.12. The normalized spacial score (nSPS) is 20.9. The van der Waals surface area contributed by atoms with Crippen molar-refractivity contribution in [2.75, 3.05) is 6.54 Å². The standard InChI is InChI=1S/C15H15ClN2O3S2/c1-8-11(23-12(17-8)9-4-5-10(16)22-9)13(19)18-7-3-6-15(18,2)14(20)21/h4-5H,3,6-7H2,1-2H3,(H,20,21). The Balaban J connectivity index is 1.94. The van der Waals surface area contributed by atoms with Crippen LogP contribution in [0.5, 0.6) is 0 Å². The summed E-state index contributed by atoms with van der Waals surface area (Å²) in [7, 11) is 0. The number of aliphatic carboxylic acids is 1. The summed E-state index contributed by atoms with van der Waals surface area (Å²) < 4.78 is 0.665. The SMILES string of the molecule is Cc1nc(-c2ccc(Cl)s2)sc1C(=O)N1CCCC1(C)C(=O)O. The quantitative estimate of drug-likeness (QED) is 0.889. The summed E-state index contributed by atoms with van der Waals surface area (Å²) in [5.74, 6) is -1.22. The van der Waals surface area contributed by atoms with E-state index in [0.29, 0.717) is 34.3 Å². The van der Waals surface area contributed by atoms with Crippen molar-refractivity contribution in [3.8, 4) is 9.88 Å². The second-order valence-corrected chi connectivity index (χ2v) is 8.39. The molecule has 1 amide bonds. The number of carbonyl (C=O) groups excluding carboxylic acids is 1. The Morgan fingerprint density at radius 2 is 2.13 bits per heavy atom. The predicted octanol–water partition coefficient (Wildman–Crippen LogP) is 3.91. The van der Waals surface area contributed by atoms with Crippen LogP contribution in [0.25, 0.3) is 9.88 Å². The van der Waals surface area contributed by atoms with E-state index in [9.17, 15) is 14.7 Å². The van der Waals surface area contributed by atoms with Gasteiger partial charge in [0.05, 0.1) is 14.9 Å². The van der Waals surface area contributed by atoms with E-state index in [1.165, 1.54) is 27.6 Å². The van der Waals surface area contributed by atoms with Crippen LogP contribution in [0.1, 0.15) is 35.1 Å². The van der Waals surface area contributed by atoms with Crippen molar-refractivity contribution >= 4 is 46.2 Å². The van der Waals surface area contributed by atoms with E-state index in [4.69, 9.17) is 11.6 Å². The zero-order valence-electron chi connectivity index (χ0n) is 12.6. The molecule has 1 atom stereocenters. The van der Waals surface area contributed by atoms with Crippen LogP contribution < -0.4 is 0 Å². The molecule has 2 aromatic rings. The number of thiophene rings is 1. The fourth-order valence-electron chi connectivity index (χ4n) is 2.76. The minimum atomic E-state index is -1.14. The topological polar surface area (TPSA) is 70.5 Å². The molecule has 0 saturated carbocycles. The highest BCUT2D eigenvalue weighted by molar-refractivity contribution is 7.24. The Morgan fingerprint density at radius 3 is 2.74 bits per heavy atom. The molecule has 1 N–H and O–H groups in total. The van der Waals surface area contributed by atoms with E-state index < -0.39 is 11.5 Å². The first-order valence-electron chi connectivity index (χ1n) is 7.11. The van der Waals surface area contributed by atoms with Crippen LogP contribution in [0, 0.1) is 6.92 Å². The largest absolute Gasteiger partial charge is 0.480 e. The summed E-state index contributed by atoms with van der Waals surface area (Å²) in [5.41, 5.74) is -0.515. The molecule has 1 fully saturated rings. The molecule has 0 radical (unpaired) electrons. The van der Waals surface area contributed by atoms with E-state index in [1.54, 1.807) is 19.9 Å². The number of thiazole rings is 1. The third kappa shape index (κ3) is 2.77. The minimum absolute atomic E-state index is 0.253. The Labute approximate surface area is 146 Å². The van der Waals surface area contributed by atoms with Gasteiger partial charge < -0.3 is 10.0 Å². The summed E-state index contributed by atoms with van der Waals surface area (Å²) in [5, 5.41) is 10.2. The zero-order chi connectivity index (χ0) is 16.8. The molecule has 8 heteroatoms. The number of hydrogen-bond donors (Lipinski definition) is 1. The Hall–Kier alpha value is -1.44. The lowest BCUT2D eigenvalue weighted by atomic mass is 9.99. The average Bonchev–Trinajstić information content (AvgIpc) is 3.17. The fourth-order valence-corrected chi connectivity index (χ4v) is 4.88. The van der Waals surface area contributed by atoms with Gasteiger partial charge in [0.15, 0.2) is 0 Å². The van der Waals surface area contributed by atoms with Crippen molar-refractivity contribution in [1.82, 2.24) is 9.88 Å². The molecule has 5 nitrogen and oxygen atoms in total. The highest BCUT2D eigenvalue weighted by Crippen LogP contribution is 2.37. The van der Waals surface area contributed by atoms with Gasteiger partial charge >= 0.3 is 5.97 Å². The molecule has 122 valence electrons. The van der Waals surface area contributed by atoms with Gasteiger partial charge in [0, 0.05) is 6.54 Å². The highest BCUT2D eigenvalue weighted by atomic mass is 35.5. The van der Waals surface area contributed by atoms with Crippen molar-refractivity contribution in [3.63, 3.8) is 0 Å². The first-order chi connectivity index (χ1) is 10.8. The van der Waals surface area contributed by atoms with Crippen LogP contribution in [0.15, 0.2) is 12.1 Å². The molecule has 0 bridgehead atoms. The van der Waals surface area contributed by atoms with Gasteiger partial charge in [-0.15, -0.1) is 22.7 Å². The number of amides is 1. The maximum atomic E-state index is 12.8. The van der Waals surface area contributed by atoms with E-state index in [2.05, 4.69) is 4.98 Å². The Bertz CT molecular complexity index is 786. The Morgan fingerprint density at radius 1 is 1.39 bits per heavy atom. The molecule has 23 heavy (non-hydrogen) atoms. The third-order valence-electron chi connectivity index (χ3n) is 4.12. The fraction of sp³-hybridized carbons (Fsp3) is 0.400. The molecular weight excluding hydrogens is 356 g/mol. The van der Waals surface area contributed by atoms with Crippen LogP contribution in [-0.4, -0.2) is 39.0 Å². The monoisotopic (exact) mass is 370 g/mol. The maximum Gasteiger partial charge on any atom is 0.329 e. The van der Waals surface area contributed by atoms with Gasteiger partial charge in [0.25, 0.3) is 5.91 Å². The highest BCUT2D eigenvalue weighted by Gasteiger charge is 2.46. The van der Waals surface area contributed by atoms with Crippen molar-refractivity contribution in [1.29, 1.82) is 0 Å². The lowest BCUT2D eigenvalue weighted by Gasteiger charge is -2.30. The molecular formula is C15H15ClN2O3S2. The lowest BCUT2D eigenvalue weighted by molar-refractivity contribution is -0.147. The predicted molar refractivity (Wildman–Crippen MR) is 91.5 cm³/mol. The number of aromatic nitrogens is 1. The molecule has 0 aromatic carbocycles. The summed E-state index contributed by atoms with van der Waals surface area (Å²) in [6, 6.07) is 3.67. The maximum absolute atomic E-state index is 12.8. The second kappa shape index (κ2) is 5.89. The minimum Gasteiger partial charge on any atom is -0.480 e. The summed E-state index contributed by atoms with van der Waals surface area (Å²) in [6.45, 7) is 3.84. The first kappa shape index (κ1) is 16.4. The molecule has 2 aromatic heterocycles. The molecule has 3 rings (SSSR count). The Kier molecular flexibility index (Phi) is 4.20. The molecule has 0 aliphatic carbocycles. The number of likely N-dealkylation sites (tertiary alicyclic amines) is 1. The second-order valence-electron chi connectivity index (χ2n) is 5.68. The van der Waals surface area contributed by atoms with Crippen molar-refractivity contribution in [2.24, 2.45) is 0 Å². The number of aryl methyl sites for hydroxylation is 1. The number of carbonyl (C=O) groups is 2. The van der Waals surface area contributed by atoms with E-state index in [-0.39, 0.29) is 5.91 Å². The van der Waals surface area contributed by atoms with Crippen LogP contribution in [-0.2, 0) is 4.79 Å². The molecule has 1 aliphatic heterocycles. The van der Waals surface area contributed by atoms with Gasteiger partial charge in [-0.25, -0.2) is 9.78 Å². The average molecular weight is 371 g/mol. The molecule has 0 spiro atoms. The summed E-state index contributed by atoms with van der Waals surface area (Å²) >= 11 is 8.65. The van der Waals surface area contributed by atoms with Crippen molar-refractivity contribution in [3.05, 3.63) is 27.0 Å². The molecule has 1 unspecified atom stereocenters. The van der Waals surface area contributed by atoms with E-state index in [1.807, 2.05) is 6.07 Å².